The molecule has 0 radical (unpaired) electrons. The Balaban J connectivity index is 1.89. The number of hydrogen-bond acceptors (Lipinski definition) is 3. The van der Waals surface area contributed by atoms with Gasteiger partial charge in [0.2, 0.25) is 0 Å². The Hall–Kier alpha value is -1.68. The maximum atomic E-state index is 5.78. The fourth-order valence-corrected chi connectivity index (χ4v) is 3.19. The third kappa shape index (κ3) is 2.36. The van der Waals surface area contributed by atoms with E-state index in [-0.39, 0.29) is 0 Å². The summed E-state index contributed by atoms with van der Waals surface area (Å²) in [7, 11) is 0. The zero-order chi connectivity index (χ0) is 13.9. The van der Waals surface area contributed by atoms with E-state index in [1.54, 1.807) is 0 Å². The summed E-state index contributed by atoms with van der Waals surface area (Å²) in [5, 5.41) is 8.71. The SMILES string of the molecule is CCCn1c(CN)nnc1C1CCc2ccccc2C1. The van der Waals surface area contributed by atoms with E-state index >= 15 is 0 Å². The van der Waals surface area contributed by atoms with Crippen molar-refractivity contribution < 1.29 is 0 Å². The third-order valence-corrected chi connectivity index (χ3v) is 4.20. The molecule has 1 unspecified atom stereocenters. The van der Waals surface area contributed by atoms with Crippen LogP contribution in [-0.2, 0) is 25.9 Å². The lowest BCUT2D eigenvalue weighted by molar-refractivity contribution is 0.507. The third-order valence-electron chi connectivity index (χ3n) is 4.20. The van der Waals surface area contributed by atoms with Gasteiger partial charge in [-0.2, -0.15) is 0 Å². The average molecular weight is 270 g/mol. The van der Waals surface area contributed by atoms with Gasteiger partial charge in [-0.3, -0.25) is 0 Å². The predicted molar refractivity (Wildman–Crippen MR) is 79.4 cm³/mol. The molecule has 1 atom stereocenters. The van der Waals surface area contributed by atoms with Gasteiger partial charge in [0.1, 0.15) is 11.6 Å². The van der Waals surface area contributed by atoms with Gasteiger partial charge in [0.15, 0.2) is 0 Å². The standard InChI is InChI=1S/C16H22N4/c1-2-9-20-15(11-17)18-19-16(20)14-8-7-12-5-3-4-6-13(12)10-14/h3-6,14H,2,7-11,17H2,1H3. The molecule has 0 saturated carbocycles. The van der Waals surface area contributed by atoms with Gasteiger partial charge in [0.05, 0.1) is 6.54 Å². The first-order valence-corrected chi connectivity index (χ1v) is 7.52. The van der Waals surface area contributed by atoms with E-state index in [0.717, 1.165) is 43.9 Å². The fourth-order valence-electron chi connectivity index (χ4n) is 3.19. The molecule has 0 aliphatic heterocycles. The van der Waals surface area contributed by atoms with Crippen LogP contribution in [0.3, 0.4) is 0 Å². The van der Waals surface area contributed by atoms with Crippen molar-refractivity contribution in [2.45, 2.75) is 51.6 Å². The molecule has 1 aromatic carbocycles. The van der Waals surface area contributed by atoms with Gasteiger partial charge >= 0.3 is 0 Å². The van der Waals surface area contributed by atoms with Crippen LogP contribution in [0.4, 0.5) is 0 Å². The Bertz CT molecular complexity index is 588. The van der Waals surface area contributed by atoms with E-state index in [2.05, 4.69) is 46.0 Å². The molecule has 2 aromatic rings. The van der Waals surface area contributed by atoms with Gasteiger partial charge in [-0.05, 0) is 36.8 Å². The van der Waals surface area contributed by atoms with Crippen molar-refractivity contribution in [3.63, 3.8) is 0 Å². The highest BCUT2D eigenvalue weighted by atomic mass is 15.3. The highest BCUT2D eigenvalue weighted by Crippen LogP contribution is 2.32. The number of benzene rings is 1. The number of aryl methyl sites for hydroxylation is 1. The predicted octanol–water partition coefficient (Wildman–Crippen LogP) is 2.42. The lowest BCUT2D eigenvalue weighted by Crippen LogP contribution is -2.19. The summed E-state index contributed by atoms with van der Waals surface area (Å²) in [6.45, 7) is 3.61. The smallest absolute Gasteiger partial charge is 0.146 e. The first kappa shape index (κ1) is 13.3. The minimum atomic E-state index is 0.469. The molecule has 106 valence electrons. The van der Waals surface area contributed by atoms with Crippen LogP contribution in [0.1, 0.15) is 48.5 Å². The second-order valence-corrected chi connectivity index (χ2v) is 5.54. The molecule has 0 fully saturated rings. The van der Waals surface area contributed by atoms with Gasteiger partial charge in [-0.15, -0.1) is 10.2 Å². The second kappa shape index (κ2) is 5.75. The highest BCUT2D eigenvalue weighted by molar-refractivity contribution is 5.31. The van der Waals surface area contributed by atoms with Crippen molar-refractivity contribution in [3.8, 4) is 0 Å². The molecule has 1 heterocycles. The summed E-state index contributed by atoms with van der Waals surface area (Å²) < 4.78 is 2.23. The molecule has 3 rings (SSSR count). The summed E-state index contributed by atoms with van der Waals surface area (Å²) in [6, 6.07) is 8.74. The van der Waals surface area contributed by atoms with Crippen molar-refractivity contribution in [1.82, 2.24) is 14.8 Å². The highest BCUT2D eigenvalue weighted by Gasteiger charge is 2.25. The molecule has 1 aliphatic rings. The van der Waals surface area contributed by atoms with Gasteiger partial charge in [0.25, 0.3) is 0 Å². The normalized spacial score (nSPS) is 18.0. The number of rotatable bonds is 4. The molecule has 1 aliphatic carbocycles. The van der Waals surface area contributed by atoms with E-state index < -0.39 is 0 Å². The van der Waals surface area contributed by atoms with Crippen LogP contribution >= 0.6 is 0 Å². The molecule has 0 amide bonds. The van der Waals surface area contributed by atoms with Crippen LogP contribution < -0.4 is 5.73 Å². The van der Waals surface area contributed by atoms with Gasteiger partial charge < -0.3 is 10.3 Å². The number of aromatic nitrogens is 3. The van der Waals surface area contributed by atoms with E-state index in [1.807, 2.05) is 0 Å². The molecule has 2 N–H and O–H groups in total. The lowest BCUT2D eigenvalue weighted by Gasteiger charge is -2.24. The molecular formula is C16H22N4. The fraction of sp³-hybridized carbons (Fsp3) is 0.500. The lowest BCUT2D eigenvalue weighted by atomic mass is 9.83. The van der Waals surface area contributed by atoms with Crippen LogP contribution in [0.25, 0.3) is 0 Å². The van der Waals surface area contributed by atoms with Crippen LogP contribution in [0, 0.1) is 0 Å². The quantitative estimate of drug-likeness (QED) is 0.928. The van der Waals surface area contributed by atoms with Crippen molar-refractivity contribution in [1.29, 1.82) is 0 Å². The summed E-state index contributed by atoms with van der Waals surface area (Å²) >= 11 is 0. The van der Waals surface area contributed by atoms with Crippen molar-refractivity contribution in [2.75, 3.05) is 0 Å². The monoisotopic (exact) mass is 270 g/mol. The Kier molecular flexibility index (Phi) is 3.83. The zero-order valence-corrected chi connectivity index (χ0v) is 12.0. The van der Waals surface area contributed by atoms with Crippen LogP contribution in [-0.4, -0.2) is 14.8 Å². The van der Waals surface area contributed by atoms with E-state index in [0.29, 0.717) is 12.5 Å². The molecule has 4 nitrogen and oxygen atoms in total. The second-order valence-electron chi connectivity index (χ2n) is 5.54. The number of hydrogen-bond donors (Lipinski definition) is 1. The average Bonchev–Trinajstić information content (AvgIpc) is 2.90. The summed E-state index contributed by atoms with van der Waals surface area (Å²) in [5.74, 6) is 2.52. The maximum Gasteiger partial charge on any atom is 0.146 e. The molecule has 1 aromatic heterocycles. The molecule has 20 heavy (non-hydrogen) atoms. The van der Waals surface area contributed by atoms with Crippen LogP contribution in [0.15, 0.2) is 24.3 Å². The molecular weight excluding hydrogens is 248 g/mol. The molecule has 0 saturated heterocycles. The van der Waals surface area contributed by atoms with E-state index in [4.69, 9.17) is 5.73 Å². The van der Waals surface area contributed by atoms with Gasteiger partial charge in [0, 0.05) is 12.5 Å². The summed E-state index contributed by atoms with van der Waals surface area (Å²) in [6.07, 6.45) is 4.45. The number of fused-ring (bicyclic) bond motifs is 1. The van der Waals surface area contributed by atoms with Crippen molar-refractivity contribution >= 4 is 0 Å². The minimum absolute atomic E-state index is 0.469. The van der Waals surface area contributed by atoms with Crippen molar-refractivity contribution in [2.24, 2.45) is 5.73 Å². The first-order valence-electron chi connectivity index (χ1n) is 7.52. The Morgan fingerprint density at radius 2 is 2.05 bits per heavy atom. The van der Waals surface area contributed by atoms with Crippen LogP contribution in [0.2, 0.25) is 0 Å². The molecule has 4 heteroatoms. The minimum Gasteiger partial charge on any atom is -0.324 e. The van der Waals surface area contributed by atoms with Crippen LogP contribution in [0.5, 0.6) is 0 Å². The number of nitrogens with zero attached hydrogens (tertiary/aromatic N) is 3. The topological polar surface area (TPSA) is 56.7 Å². The first-order chi connectivity index (χ1) is 9.83. The van der Waals surface area contributed by atoms with Gasteiger partial charge in [-0.1, -0.05) is 31.2 Å². The Labute approximate surface area is 120 Å². The summed E-state index contributed by atoms with van der Waals surface area (Å²) in [4.78, 5) is 0. The molecule has 0 spiro atoms. The maximum absolute atomic E-state index is 5.78. The van der Waals surface area contributed by atoms with Gasteiger partial charge in [-0.25, -0.2) is 0 Å². The summed E-state index contributed by atoms with van der Waals surface area (Å²) in [5.41, 5.74) is 8.73. The Morgan fingerprint density at radius 1 is 1.25 bits per heavy atom. The van der Waals surface area contributed by atoms with Crippen molar-refractivity contribution in [3.05, 3.63) is 47.0 Å². The van der Waals surface area contributed by atoms with E-state index in [9.17, 15) is 0 Å². The zero-order valence-electron chi connectivity index (χ0n) is 12.0. The Morgan fingerprint density at radius 3 is 2.80 bits per heavy atom. The van der Waals surface area contributed by atoms with E-state index in [1.165, 1.54) is 11.1 Å². The molecule has 0 bridgehead atoms. The number of nitrogens with two attached hydrogens (primary N) is 1. The largest absolute Gasteiger partial charge is 0.324 e.